The van der Waals surface area contributed by atoms with E-state index in [4.69, 9.17) is 5.73 Å². The van der Waals surface area contributed by atoms with Gasteiger partial charge in [-0.15, -0.1) is 0 Å². The average molecular weight is 422 g/mol. The maximum absolute atomic E-state index is 13.0. The SMILES string of the molecule is C=CN(CC1(O)CCN(C(=O)CCc2ccccc2)CC1)C(=O)c1ccc(N)cc1C. The molecule has 0 atom stereocenters. The molecule has 1 aliphatic rings. The molecule has 0 aromatic heterocycles. The fourth-order valence-electron chi connectivity index (χ4n) is 4.00. The molecule has 31 heavy (non-hydrogen) atoms. The number of rotatable bonds is 7. The van der Waals surface area contributed by atoms with Crippen LogP contribution in [0.5, 0.6) is 0 Å². The van der Waals surface area contributed by atoms with E-state index in [1.807, 2.05) is 42.2 Å². The van der Waals surface area contributed by atoms with Crippen molar-refractivity contribution in [3.63, 3.8) is 0 Å². The van der Waals surface area contributed by atoms with Gasteiger partial charge >= 0.3 is 0 Å². The lowest BCUT2D eigenvalue weighted by molar-refractivity contribution is -0.135. The maximum atomic E-state index is 13.0. The lowest BCUT2D eigenvalue weighted by atomic mass is 9.90. The first-order valence-corrected chi connectivity index (χ1v) is 10.6. The molecule has 1 heterocycles. The van der Waals surface area contributed by atoms with E-state index in [-0.39, 0.29) is 18.4 Å². The fraction of sp³-hybridized carbons (Fsp3) is 0.360. The van der Waals surface area contributed by atoms with Crippen molar-refractivity contribution >= 4 is 17.5 Å². The zero-order valence-corrected chi connectivity index (χ0v) is 18.1. The van der Waals surface area contributed by atoms with Crippen LogP contribution >= 0.6 is 0 Å². The summed E-state index contributed by atoms with van der Waals surface area (Å²) in [5.74, 6) is -0.123. The number of carbonyl (C=O) groups excluding carboxylic acids is 2. The second-order valence-electron chi connectivity index (χ2n) is 8.28. The molecule has 2 amide bonds. The van der Waals surface area contributed by atoms with Crippen LogP contribution in [0.25, 0.3) is 0 Å². The van der Waals surface area contributed by atoms with Crippen molar-refractivity contribution in [2.24, 2.45) is 0 Å². The van der Waals surface area contributed by atoms with E-state index in [1.165, 1.54) is 11.1 Å². The molecular formula is C25H31N3O3. The molecule has 1 fully saturated rings. The molecule has 164 valence electrons. The quantitative estimate of drug-likeness (QED) is 0.673. The Labute approximate surface area is 184 Å². The topological polar surface area (TPSA) is 86.9 Å². The van der Waals surface area contributed by atoms with E-state index in [1.54, 1.807) is 18.2 Å². The van der Waals surface area contributed by atoms with E-state index >= 15 is 0 Å². The highest BCUT2D eigenvalue weighted by atomic mass is 16.3. The molecule has 0 unspecified atom stereocenters. The van der Waals surface area contributed by atoms with Gasteiger partial charge in [-0.2, -0.15) is 0 Å². The normalized spacial score (nSPS) is 15.4. The highest BCUT2D eigenvalue weighted by Gasteiger charge is 2.36. The van der Waals surface area contributed by atoms with Crippen molar-refractivity contribution in [1.82, 2.24) is 9.80 Å². The fourth-order valence-corrected chi connectivity index (χ4v) is 4.00. The van der Waals surface area contributed by atoms with Gasteiger partial charge in [0.15, 0.2) is 0 Å². The standard InChI is InChI=1S/C25H31N3O3/c1-3-27(24(30)22-11-10-21(26)17-19(22)2)18-25(31)13-15-28(16-14-25)23(29)12-9-20-7-5-4-6-8-20/h3-8,10-11,17,31H,1,9,12-16,18,26H2,2H3. The molecule has 2 aromatic carbocycles. The van der Waals surface area contributed by atoms with Crippen LogP contribution in [0, 0.1) is 6.92 Å². The highest BCUT2D eigenvalue weighted by Crippen LogP contribution is 2.25. The summed E-state index contributed by atoms with van der Waals surface area (Å²) in [5.41, 5.74) is 7.78. The summed E-state index contributed by atoms with van der Waals surface area (Å²) < 4.78 is 0. The summed E-state index contributed by atoms with van der Waals surface area (Å²) in [5, 5.41) is 11.1. The predicted molar refractivity (Wildman–Crippen MR) is 122 cm³/mol. The number of amides is 2. The van der Waals surface area contributed by atoms with Crippen molar-refractivity contribution in [3.05, 3.63) is 78.0 Å². The molecule has 0 spiro atoms. The zero-order valence-electron chi connectivity index (χ0n) is 18.1. The summed E-state index contributed by atoms with van der Waals surface area (Å²) in [7, 11) is 0. The van der Waals surface area contributed by atoms with Gasteiger partial charge in [-0.3, -0.25) is 9.59 Å². The maximum Gasteiger partial charge on any atom is 0.258 e. The Hall–Kier alpha value is -3.12. The van der Waals surface area contributed by atoms with Crippen molar-refractivity contribution < 1.29 is 14.7 Å². The molecule has 0 aliphatic carbocycles. The number of hydrogen-bond acceptors (Lipinski definition) is 4. The molecule has 1 aliphatic heterocycles. The Balaban J connectivity index is 1.55. The van der Waals surface area contributed by atoms with Crippen molar-refractivity contribution in [2.75, 3.05) is 25.4 Å². The number of aliphatic hydroxyl groups is 1. The number of nitrogens with two attached hydrogens (primary N) is 1. The van der Waals surface area contributed by atoms with Gasteiger partial charge in [0.05, 0.1) is 12.1 Å². The van der Waals surface area contributed by atoms with Crippen LogP contribution in [0.3, 0.4) is 0 Å². The smallest absolute Gasteiger partial charge is 0.258 e. The van der Waals surface area contributed by atoms with Crippen LogP contribution in [0.4, 0.5) is 5.69 Å². The summed E-state index contributed by atoms with van der Waals surface area (Å²) in [6, 6.07) is 15.1. The minimum atomic E-state index is -1.05. The van der Waals surface area contributed by atoms with Crippen LogP contribution in [0.1, 0.15) is 40.7 Å². The van der Waals surface area contributed by atoms with Crippen LogP contribution in [-0.4, -0.2) is 52.0 Å². The Morgan fingerprint density at radius 1 is 1.19 bits per heavy atom. The Morgan fingerprint density at radius 3 is 2.48 bits per heavy atom. The Kier molecular flexibility index (Phi) is 7.13. The minimum absolute atomic E-state index is 0.0973. The van der Waals surface area contributed by atoms with E-state index in [0.29, 0.717) is 50.0 Å². The molecule has 0 radical (unpaired) electrons. The van der Waals surface area contributed by atoms with Gasteiger partial charge in [-0.1, -0.05) is 36.9 Å². The van der Waals surface area contributed by atoms with Crippen LogP contribution in [-0.2, 0) is 11.2 Å². The minimum Gasteiger partial charge on any atom is -0.399 e. The number of hydrogen-bond donors (Lipinski definition) is 2. The molecule has 2 aromatic rings. The van der Waals surface area contributed by atoms with Crippen molar-refractivity contribution in [3.8, 4) is 0 Å². The molecule has 3 N–H and O–H groups in total. The summed E-state index contributed by atoms with van der Waals surface area (Å²) in [4.78, 5) is 28.8. The molecule has 6 nitrogen and oxygen atoms in total. The number of piperidine rings is 1. The molecule has 0 bridgehead atoms. The Morgan fingerprint density at radius 2 is 1.87 bits per heavy atom. The number of aryl methyl sites for hydroxylation is 2. The molecule has 0 saturated carbocycles. The lowest BCUT2D eigenvalue weighted by Crippen LogP contribution is -2.52. The number of benzene rings is 2. The number of nitrogens with zero attached hydrogens (tertiary/aromatic N) is 2. The number of nitrogen functional groups attached to an aromatic ring is 1. The van der Waals surface area contributed by atoms with Crippen LogP contribution in [0.2, 0.25) is 0 Å². The van der Waals surface area contributed by atoms with E-state index in [2.05, 4.69) is 6.58 Å². The summed E-state index contributed by atoms with van der Waals surface area (Å²) in [6.45, 7) is 6.68. The first-order chi connectivity index (χ1) is 14.8. The highest BCUT2D eigenvalue weighted by molar-refractivity contribution is 5.96. The second-order valence-corrected chi connectivity index (χ2v) is 8.28. The molecule has 6 heteroatoms. The van der Waals surface area contributed by atoms with Gasteiger partial charge in [-0.05, 0) is 55.5 Å². The summed E-state index contributed by atoms with van der Waals surface area (Å²) >= 11 is 0. The van der Waals surface area contributed by atoms with Gasteiger partial charge in [0.25, 0.3) is 5.91 Å². The Bertz CT molecular complexity index is 934. The molecule has 1 saturated heterocycles. The summed E-state index contributed by atoms with van der Waals surface area (Å²) in [6.07, 6.45) is 3.45. The van der Waals surface area contributed by atoms with Crippen LogP contribution < -0.4 is 5.73 Å². The first kappa shape index (κ1) is 22.6. The third-order valence-corrected chi connectivity index (χ3v) is 5.94. The van der Waals surface area contributed by atoms with Gasteiger partial charge < -0.3 is 20.6 Å². The molecular weight excluding hydrogens is 390 g/mol. The van der Waals surface area contributed by atoms with Gasteiger partial charge in [0.2, 0.25) is 5.91 Å². The number of likely N-dealkylation sites (tertiary alicyclic amines) is 1. The first-order valence-electron chi connectivity index (χ1n) is 10.6. The third kappa shape index (κ3) is 5.73. The van der Waals surface area contributed by atoms with Gasteiger partial charge in [0, 0.05) is 37.0 Å². The zero-order chi connectivity index (χ0) is 22.4. The van der Waals surface area contributed by atoms with E-state index < -0.39 is 5.60 Å². The van der Waals surface area contributed by atoms with E-state index in [0.717, 1.165) is 11.1 Å². The van der Waals surface area contributed by atoms with E-state index in [9.17, 15) is 14.7 Å². The van der Waals surface area contributed by atoms with Gasteiger partial charge in [0.1, 0.15) is 0 Å². The number of anilines is 1. The predicted octanol–water partition coefficient (Wildman–Crippen LogP) is 3.15. The molecule has 3 rings (SSSR count). The average Bonchev–Trinajstić information content (AvgIpc) is 2.76. The van der Waals surface area contributed by atoms with Gasteiger partial charge in [-0.25, -0.2) is 0 Å². The monoisotopic (exact) mass is 421 g/mol. The second kappa shape index (κ2) is 9.79. The third-order valence-electron chi connectivity index (χ3n) is 5.94. The number of carbonyl (C=O) groups is 2. The van der Waals surface area contributed by atoms with Crippen LogP contribution in [0.15, 0.2) is 61.3 Å². The largest absolute Gasteiger partial charge is 0.399 e. The van der Waals surface area contributed by atoms with Crippen molar-refractivity contribution in [2.45, 2.75) is 38.2 Å². The lowest BCUT2D eigenvalue weighted by Gasteiger charge is -2.40. The van der Waals surface area contributed by atoms with Crippen molar-refractivity contribution in [1.29, 1.82) is 0 Å².